The van der Waals surface area contributed by atoms with E-state index < -0.39 is 32.5 Å². The van der Waals surface area contributed by atoms with Gasteiger partial charge in [0.1, 0.15) is 46.2 Å². The van der Waals surface area contributed by atoms with Gasteiger partial charge in [-0.2, -0.15) is 0 Å². The molecule has 0 aromatic heterocycles. The van der Waals surface area contributed by atoms with E-state index in [1.165, 1.54) is 89.9 Å². The molecule has 0 bridgehead atoms. The van der Waals surface area contributed by atoms with Gasteiger partial charge in [0.15, 0.2) is 6.10 Å². The highest BCUT2D eigenvalue weighted by molar-refractivity contribution is 7.45. The predicted molar refractivity (Wildman–Crippen MR) is 278 cm³/mol. The van der Waals surface area contributed by atoms with Gasteiger partial charge in [0.2, 0.25) is 0 Å². The molecule has 0 radical (unpaired) electrons. The molecule has 0 aliphatic carbocycles. The lowest BCUT2D eigenvalue weighted by atomic mass is 10.1. The first-order valence-electron chi connectivity index (χ1n) is 27.0. The van der Waals surface area contributed by atoms with Crippen LogP contribution < -0.4 is 4.89 Å². The molecule has 0 N–H and O–H groups in total. The van der Waals surface area contributed by atoms with Crippen molar-refractivity contribution in [3.63, 3.8) is 0 Å². The van der Waals surface area contributed by atoms with Crippen LogP contribution in [0.15, 0.2) is 0 Å². The Morgan fingerprint density at radius 2 is 0.800 bits per heavy atom. The average molecular weight is 1010 g/mol. The summed E-state index contributed by atoms with van der Waals surface area (Å²) in [6.45, 7) is 8.15. The number of esters is 2. The van der Waals surface area contributed by atoms with E-state index in [0.717, 1.165) is 77.4 Å². The van der Waals surface area contributed by atoms with Crippen molar-refractivity contribution in [2.45, 2.75) is 200 Å². The minimum absolute atomic E-state index is 0.0672. The fraction of sp³-hybridized carbons (Fsp3) is 0.821. The van der Waals surface area contributed by atoms with Crippen LogP contribution in [0, 0.1) is 47.4 Å². The van der Waals surface area contributed by atoms with E-state index in [1.807, 2.05) is 21.1 Å². The van der Waals surface area contributed by atoms with Crippen LogP contribution in [0.3, 0.4) is 0 Å². The highest BCUT2D eigenvalue weighted by Crippen LogP contribution is 2.38. The van der Waals surface area contributed by atoms with Gasteiger partial charge in [-0.15, -0.1) is 0 Å². The zero-order valence-corrected chi connectivity index (χ0v) is 45.5. The Morgan fingerprint density at radius 1 is 0.457 bits per heavy atom. The van der Waals surface area contributed by atoms with Gasteiger partial charge in [-0.05, 0) is 62.2 Å². The van der Waals surface area contributed by atoms with Crippen LogP contribution in [0.5, 0.6) is 0 Å². The van der Waals surface area contributed by atoms with Gasteiger partial charge in [-0.25, -0.2) is 0 Å². The third-order valence-corrected chi connectivity index (χ3v) is 11.9. The molecule has 1 unspecified atom stereocenters. The number of quaternary nitrogens is 1. The highest BCUT2D eigenvalue weighted by atomic mass is 31.2. The van der Waals surface area contributed by atoms with Crippen molar-refractivity contribution in [3.05, 3.63) is 0 Å². The van der Waals surface area contributed by atoms with Crippen molar-refractivity contribution in [2.24, 2.45) is 0 Å². The largest absolute Gasteiger partial charge is 0.756 e. The molecule has 402 valence electrons. The minimum atomic E-state index is -4.68. The van der Waals surface area contributed by atoms with Gasteiger partial charge in [-0.3, -0.25) is 14.2 Å². The zero-order valence-electron chi connectivity index (χ0n) is 44.7. The van der Waals surface area contributed by atoms with Crippen LogP contribution in [-0.4, -0.2) is 123 Å². The number of phosphoric acid groups is 1. The summed E-state index contributed by atoms with van der Waals surface area (Å²) in [5, 5.41) is 0. The van der Waals surface area contributed by atoms with E-state index in [4.69, 9.17) is 37.5 Å². The maximum atomic E-state index is 12.7. The van der Waals surface area contributed by atoms with Crippen LogP contribution >= 0.6 is 7.82 Å². The lowest BCUT2D eigenvalue weighted by molar-refractivity contribution is -0.870. The number of carbonyl (C=O) groups excluding carboxylic acids is 2. The molecule has 0 fully saturated rings. The molecule has 0 aromatic carbocycles. The van der Waals surface area contributed by atoms with E-state index in [0.29, 0.717) is 63.5 Å². The number of rotatable bonds is 48. The molecule has 0 aliphatic heterocycles. The molecular weight excluding hydrogens is 910 g/mol. The number of ether oxygens (including phenoxy) is 6. The smallest absolute Gasteiger partial charge is 0.306 e. The van der Waals surface area contributed by atoms with Crippen LogP contribution in [0.1, 0.15) is 194 Å². The van der Waals surface area contributed by atoms with Gasteiger partial charge in [0.25, 0.3) is 7.82 Å². The third-order valence-electron chi connectivity index (χ3n) is 11.0. The van der Waals surface area contributed by atoms with Crippen LogP contribution in [-0.2, 0) is 51.6 Å². The Hall–Kier alpha value is -2.91. The monoisotopic (exact) mass is 1010 g/mol. The second-order valence-corrected chi connectivity index (χ2v) is 20.2. The Morgan fingerprint density at radius 3 is 1.17 bits per heavy atom. The first-order chi connectivity index (χ1) is 34.0. The van der Waals surface area contributed by atoms with E-state index in [2.05, 4.69) is 61.2 Å². The van der Waals surface area contributed by atoms with Gasteiger partial charge in [-0.1, -0.05) is 166 Å². The number of nitrogens with zero attached hydrogens (tertiary/aromatic N) is 1. The standard InChI is InChI=1S/C56H96NO12P/c1-6-8-10-12-14-16-22-32-43-62-47-36-26-28-38-49-64-45-34-24-18-20-30-40-55(58)66-52-54(53-68-70(60,61)67-51-42-57(3,4)5)69-56(59)41-31-21-19-25-35-46-65-50-39-29-27-37-48-63-44-33-23-17-15-13-11-9-7-2/h54H,6-25,30-35,40-53H2,1-5H3/t54-/m1/s1. The average Bonchev–Trinajstić information content (AvgIpc) is 3.32. The molecule has 2 atom stereocenters. The number of unbranched alkanes of at least 4 members (excludes halogenated alkanes) is 22. The molecule has 0 saturated carbocycles. The van der Waals surface area contributed by atoms with Gasteiger partial charge < -0.3 is 46.8 Å². The second-order valence-electron chi connectivity index (χ2n) is 18.8. The summed E-state index contributed by atoms with van der Waals surface area (Å²) in [7, 11) is 1.05. The van der Waals surface area contributed by atoms with Crippen LogP contribution in [0.2, 0.25) is 0 Å². The normalized spacial score (nSPS) is 12.3. The quantitative estimate of drug-likeness (QED) is 0.0188. The number of phosphoric ester groups is 1. The first-order valence-corrected chi connectivity index (χ1v) is 28.4. The summed E-state index contributed by atoms with van der Waals surface area (Å²) in [5.41, 5.74) is 0. The molecule has 0 heterocycles. The molecular formula is C56H96NO12P. The molecule has 0 saturated heterocycles. The lowest BCUT2D eigenvalue weighted by Gasteiger charge is -2.28. The SMILES string of the molecule is CCCCCCCCCCOCC#CC#CCOCCCCCCCC(=O)OC[C@H](COP(=O)([O-])OCC[N+](C)(C)C)OC(=O)CCCCCCCOCC#CC#CCOCCCCCCCCCC. The fourth-order valence-corrected chi connectivity index (χ4v) is 7.48. The number of hydrogen-bond donors (Lipinski definition) is 0. The molecule has 14 heteroatoms. The van der Waals surface area contributed by atoms with Crippen molar-refractivity contribution in [3.8, 4) is 47.4 Å². The predicted octanol–water partition coefficient (Wildman–Crippen LogP) is 10.7. The Bertz CT molecular complexity index is 1550. The summed E-state index contributed by atoms with van der Waals surface area (Å²) in [4.78, 5) is 37.7. The minimum Gasteiger partial charge on any atom is -0.756 e. The van der Waals surface area contributed by atoms with Gasteiger partial charge in [0.05, 0.1) is 27.7 Å². The fourth-order valence-electron chi connectivity index (χ4n) is 6.75. The van der Waals surface area contributed by atoms with Crippen LogP contribution in [0.25, 0.3) is 0 Å². The summed E-state index contributed by atoms with van der Waals surface area (Å²) in [6, 6.07) is 0. The molecule has 0 aliphatic rings. The molecule has 0 aromatic rings. The second kappa shape index (κ2) is 51.0. The summed E-state index contributed by atoms with van der Waals surface area (Å²) in [5.74, 6) is 21.9. The molecule has 13 nitrogen and oxygen atoms in total. The highest BCUT2D eigenvalue weighted by Gasteiger charge is 2.22. The number of carbonyl (C=O) groups is 2. The van der Waals surface area contributed by atoms with Crippen molar-refractivity contribution in [1.29, 1.82) is 0 Å². The van der Waals surface area contributed by atoms with Crippen LogP contribution in [0.4, 0.5) is 0 Å². The number of hydrogen-bond acceptors (Lipinski definition) is 12. The maximum absolute atomic E-state index is 12.7. The topological polar surface area (TPSA) is 148 Å². The van der Waals surface area contributed by atoms with Gasteiger partial charge in [0, 0.05) is 39.3 Å². The Labute approximate surface area is 426 Å². The van der Waals surface area contributed by atoms with E-state index in [-0.39, 0.29) is 26.1 Å². The zero-order chi connectivity index (χ0) is 51.3. The van der Waals surface area contributed by atoms with E-state index in [1.54, 1.807) is 0 Å². The third kappa shape index (κ3) is 54.4. The summed E-state index contributed by atoms with van der Waals surface area (Å²) >= 11 is 0. The molecule has 0 spiro atoms. The Kier molecular flexibility index (Phi) is 48.9. The van der Waals surface area contributed by atoms with E-state index >= 15 is 0 Å². The summed E-state index contributed by atoms with van der Waals surface area (Å²) in [6.07, 6.45) is 28.0. The summed E-state index contributed by atoms with van der Waals surface area (Å²) < 4.78 is 56.2. The maximum Gasteiger partial charge on any atom is 0.306 e. The first kappa shape index (κ1) is 67.1. The molecule has 70 heavy (non-hydrogen) atoms. The van der Waals surface area contributed by atoms with Gasteiger partial charge >= 0.3 is 11.9 Å². The van der Waals surface area contributed by atoms with Crippen molar-refractivity contribution in [1.82, 2.24) is 0 Å². The Balaban J connectivity index is 4.26. The lowest BCUT2D eigenvalue weighted by Crippen LogP contribution is -2.37. The van der Waals surface area contributed by atoms with Crippen molar-refractivity contribution >= 4 is 19.8 Å². The van der Waals surface area contributed by atoms with Crippen molar-refractivity contribution in [2.75, 3.05) is 100 Å². The molecule has 0 rings (SSSR count). The van der Waals surface area contributed by atoms with E-state index in [9.17, 15) is 19.0 Å². The number of likely N-dealkylation sites (N-methyl/N-ethyl adjacent to an activating group) is 1. The van der Waals surface area contributed by atoms with Crippen molar-refractivity contribution < 1.29 is 61.0 Å². The molecule has 0 amide bonds.